The van der Waals surface area contributed by atoms with Gasteiger partial charge in [-0.05, 0) is 48.1 Å². The van der Waals surface area contributed by atoms with E-state index in [2.05, 4.69) is 6.07 Å². The Morgan fingerprint density at radius 3 is 2.37 bits per heavy atom. The third-order valence-corrected chi connectivity index (χ3v) is 8.91. The Labute approximate surface area is 241 Å². The zero-order valence-electron chi connectivity index (χ0n) is 23.6. The topological polar surface area (TPSA) is 152 Å². The van der Waals surface area contributed by atoms with Gasteiger partial charge in [0.1, 0.15) is 18.6 Å². The van der Waals surface area contributed by atoms with Gasteiger partial charge in [-0.2, -0.15) is 9.57 Å². The highest BCUT2D eigenvalue weighted by Gasteiger charge is 2.38. The molecule has 0 unspecified atom stereocenters. The Bertz CT molecular complexity index is 1260. The molecule has 3 rings (SSSR count). The Hall–Kier alpha value is -3.21. The van der Waals surface area contributed by atoms with Crippen LogP contribution in [-0.2, 0) is 25.9 Å². The number of carboxylic acid groups (broad SMARTS) is 1. The zero-order valence-corrected chi connectivity index (χ0v) is 24.5. The maximum atomic E-state index is 13.9. The number of nitriles is 1. The Morgan fingerprint density at radius 1 is 1.17 bits per heavy atom. The second-order valence-electron chi connectivity index (χ2n) is 10.8. The molecule has 224 valence electrons. The molecule has 2 aromatic carbocycles. The number of hydrogen-bond donors (Lipinski definition) is 1. The molecule has 1 heterocycles. The van der Waals surface area contributed by atoms with E-state index in [-0.39, 0.29) is 44.3 Å². The number of nitrogens with zero attached hydrogens (tertiary/aromatic N) is 3. The minimum Gasteiger partial charge on any atom is -0.530 e. The molecule has 41 heavy (non-hydrogen) atoms. The molecule has 0 radical (unpaired) electrons. The van der Waals surface area contributed by atoms with Gasteiger partial charge in [-0.3, -0.25) is 0 Å². The normalized spacial score (nSPS) is 16.1. The lowest BCUT2D eigenvalue weighted by molar-refractivity contribution is -0.278. The lowest BCUT2D eigenvalue weighted by Gasteiger charge is -2.44. The largest absolute Gasteiger partial charge is 0.530 e. The van der Waals surface area contributed by atoms with Gasteiger partial charge >= 0.3 is 0 Å². The molecule has 1 N–H and O–H groups in total. The summed E-state index contributed by atoms with van der Waals surface area (Å²) in [6, 6.07) is 15.2. The summed E-state index contributed by atoms with van der Waals surface area (Å²) in [5.74, 6) is 0.481. The average molecular weight is 589 g/mol. The van der Waals surface area contributed by atoms with E-state index in [4.69, 9.17) is 19.5 Å². The fraction of sp³-hybridized carbons (Fsp3) is 0.517. The Kier molecular flexibility index (Phi) is 11.5. The number of amides is 1. The van der Waals surface area contributed by atoms with Crippen molar-refractivity contribution in [3.05, 3.63) is 60.2 Å². The van der Waals surface area contributed by atoms with Crippen molar-refractivity contribution in [3.8, 4) is 11.8 Å². The molecule has 2 aromatic rings. The van der Waals surface area contributed by atoms with Crippen LogP contribution in [0.4, 0.5) is 4.79 Å². The first kappa shape index (κ1) is 32.3. The lowest BCUT2D eigenvalue weighted by atomic mass is 9.88. The van der Waals surface area contributed by atoms with Crippen LogP contribution in [0.5, 0.6) is 5.75 Å². The molecule has 0 aromatic heterocycles. The highest BCUT2D eigenvalue weighted by Crippen LogP contribution is 2.29. The van der Waals surface area contributed by atoms with E-state index in [0.717, 1.165) is 14.8 Å². The molecule has 1 fully saturated rings. The Balaban J connectivity index is 2.01. The van der Waals surface area contributed by atoms with Crippen LogP contribution in [0.3, 0.4) is 0 Å². The molecule has 1 saturated heterocycles. The molecule has 0 bridgehead atoms. The van der Waals surface area contributed by atoms with Crippen LogP contribution in [0.15, 0.2) is 59.5 Å². The third-order valence-electron chi connectivity index (χ3n) is 7.09. The van der Waals surface area contributed by atoms with Crippen LogP contribution in [0.1, 0.15) is 32.3 Å². The van der Waals surface area contributed by atoms with Crippen molar-refractivity contribution in [1.29, 1.82) is 5.26 Å². The number of aliphatic hydroxyl groups is 1. The molecule has 11 nitrogen and oxygen atoms in total. The fourth-order valence-electron chi connectivity index (χ4n) is 4.89. The number of hydrogen-bond acceptors (Lipinski definition) is 9. The van der Waals surface area contributed by atoms with Gasteiger partial charge in [0.2, 0.25) is 10.0 Å². The molecule has 1 aliphatic heterocycles. The van der Waals surface area contributed by atoms with E-state index in [1.165, 1.54) is 31.4 Å². The van der Waals surface area contributed by atoms with Crippen molar-refractivity contribution >= 4 is 16.1 Å². The van der Waals surface area contributed by atoms with Crippen LogP contribution in [0.25, 0.3) is 0 Å². The van der Waals surface area contributed by atoms with Gasteiger partial charge < -0.3 is 34.1 Å². The minimum absolute atomic E-state index is 0.00738. The predicted molar refractivity (Wildman–Crippen MR) is 148 cm³/mol. The lowest BCUT2D eigenvalue weighted by Crippen LogP contribution is -2.62. The summed E-state index contributed by atoms with van der Waals surface area (Å²) in [4.78, 5) is 13.5. The van der Waals surface area contributed by atoms with Crippen molar-refractivity contribution in [2.75, 3.05) is 40.2 Å². The number of sulfonamides is 1. The summed E-state index contributed by atoms with van der Waals surface area (Å²) in [5.41, 5.74) is 0.127. The van der Waals surface area contributed by atoms with Gasteiger partial charge in [-0.25, -0.2) is 8.42 Å². The molecule has 1 aliphatic rings. The van der Waals surface area contributed by atoms with Crippen molar-refractivity contribution in [1.82, 2.24) is 9.21 Å². The summed E-state index contributed by atoms with van der Waals surface area (Å²) in [7, 11) is -2.68. The highest BCUT2D eigenvalue weighted by molar-refractivity contribution is 7.89. The molecule has 2 atom stereocenters. The number of rotatable bonds is 14. The minimum atomic E-state index is -4.15. The van der Waals surface area contributed by atoms with E-state index >= 15 is 0 Å². The zero-order chi connectivity index (χ0) is 30.0. The molecule has 0 aliphatic carbocycles. The smallest absolute Gasteiger partial charge is 0.243 e. The second-order valence-corrected chi connectivity index (χ2v) is 12.7. The molecule has 12 heteroatoms. The van der Waals surface area contributed by atoms with Crippen molar-refractivity contribution < 1.29 is 37.6 Å². The summed E-state index contributed by atoms with van der Waals surface area (Å²) in [6.45, 7) is 3.38. The maximum Gasteiger partial charge on any atom is 0.243 e. The summed E-state index contributed by atoms with van der Waals surface area (Å²) in [6.07, 6.45) is -2.23. The van der Waals surface area contributed by atoms with Gasteiger partial charge in [0.15, 0.2) is 0 Å². The molecule has 0 spiro atoms. The fourth-order valence-corrected chi connectivity index (χ4v) is 6.54. The predicted octanol–water partition coefficient (Wildman–Crippen LogP) is 2.01. The molecule has 0 saturated carbocycles. The third kappa shape index (κ3) is 8.89. The number of aliphatic hydroxyl groups excluding tert-OH is 1. The van der Waals surface area contributed by atoms with E-state index in [0.29, 0.717) is 12.2 Å². The summed E-state index contributed by atoms with van der Waals surface area (Å²) >= 11 is 0. The van der Waals surface area contributed by atoms with Gasteiger partial charge in [0, 0.05) is 19.5 Å². The number of carbonyl (C=O) groups excluding carboxylic acids is 1. The first-order valence-electron chi connectivity index (χ1n) is 13.4. The first-order valence-corrected chi connectivity index (χ1v) is 14.8. The van der Waals surface area contributed by atoms with Crippen molar-refractivity contribution in [2.24, 2.45) is 5.41 Å². The molecular formula is C29H38N3O8S-. The quantitative estimate of drug-likeness (QED) is 0.349. The van der Waals surface area contributed by atoms with Gasteiger partial charge in [0.25, 0.3) is 0 Å². The van der Waals surface area contributed by atoms with E-state index in [1.807, 2.05) is 19.9 Å². The highest BCUT2D eigenvalue weighted by atomic mass is 32.2. The second kappa shape index (κ2) is 14.6. The number of carbonyl (C=O) groups is 1. The number of methoxy groups -OCH3 is 1. The average Bonchev–Trinajstić information content (AvgIpc) is 2.96. The van der Waals surface area contributed by atoms with Crippen molar-refractivity contribution in [2.45, 2.75) is 56.2 Å². The SMILES string of the molecule is COc1ccc(S(=O)(=O)N(C[C@@H](O)[C@H](Cc2ccccc2)N(C(=O)[O-])C2COCOC2)CC(C)(C)CCC#N)cc1. The number of ether oxygens (including phenoxy) is 3. The van der Waals surface area contributed by atoms with Crippen molar-refractivity contribution in [3.63, 3.8) is 0 Å². The van der Waals surface area contributed by atoms with Crippen LogP contribution in [-0.4, -0.2) is 87.2 Å². The number of benzene rings is 2. The first-order chi connectivity index (χ1) is 19.5. The maximum absolute atomic E-state index is 13.9. The van der Waals surface area contributed by atoms with Crippen LogP contribution in [0, 0.1) is 16.7 Å². The van der Waals surface area contributed by atoms with Gasteiger partial charge in [0.05, 0.1) is 49.5 Å². The van der Waals surface area contributed by atoms with Crippen LogP contribution in [0.2, 0.25) is 0 Å². The summed E-state index contributed by atoms with van der Waals surface area (Å²) < 4.78 is 44.8. The van der Waals surface area contributed by atoms with Gasteiger partial charge in [-0.1, -0.05) is 44.2 Å². The van der Waals surface area contributed by atoms with Crippen LogP contribution < -0.4 is 9.84 Å². The standard InChI is InChI=1S/C29H39N3O8S/c1-29(2,14-7-15-30)20-31(41(36,37)25-12-10-24(38-3)11-13-25)17-27(33)26(16-22-8-5-4-6-9-22)32(28(34)35)23-18-39-21-40-19-23/h4-6,8-13,23,26-27,33H,7,14,16-21H2,1-3H3,(H,34,35)/p-1/t26-,27+/m0/s1. The monoisotopic (exact) mass is 588 g/mol. The van der Waals surface area contributed by atoms with Gasteiger partial charge in [-0.15, -0.1) is 0 Å². The van der Waals surface area contributed by atoms with Crippen LogP contribution >= 0.6 is 0 Å². The Morgan fingerprint density at radius 2 is 1.80 bits per heavy atom. The molecule has 1 amide bonds. The van der Waals surface area contributed by atoms with E-state index in [1.54, 1.807) is 24.3 Å². The van der Waals surface area contributed by atoms with E-state index < -0.39 is 46.3 Å². The molecular weight excluding hydrogens is 550 g/mol. The van der Waals surface area contributed by atoms with E-state index in [9.17, 15) is 23.4 Å². The summed E-state index contributed by atoms with van der Waals surface area (Å²) in [5, 5.41) is 33.3.